The number of carbonyl (C=O) groups is 2. The van der Waals surface area contributed by atoms with Gasteiger partial charge in [-0.05, 0) is 67.8 Å². The third kappa shape index (κ3) is 6.96. The minimum atomic E-state index is -0.481. The van der Waals surface area contributed by atoms with Gasteiger partial charge in [-0.1, -0.05) is 6.58 Å². The van der Waals surface area contributed by atoms with E-state index >= 15 is 0 Å². The Morgan fingerprint density at radius 1 is 0.929 bits per heavy atom. The number of hydrogen-bond acceptors (Lipinski definition) is 6. The van der Waals surface area contributed by atoms with Crippen LogP contribution in [0.5, 0.6) is 11.5 Å². The number of esters is 2. The van der Waals surface area contributed by atoms with Crippen LogP contribution in [0.4, 0.5) is 0 Å². The van der Waals surface area contributed by atoms with E-state index in [4.69, 9.17) is 19.5 Å². The molecule has 0 spiro atoms. The standard InChI is InChI=1S/C22H21NO5/c1-2-21(24)27-15-5-3-4-14-26-19-12-8-18(9-13-19)22(25)28-20-10-6-17(16-23)7-11-20/h2,6-13H,1,3-5,14-15H2. The van der Waals surface area contributed by atoms with Crippen LogP contribution in [-0.2, 0) is 9.53 Å². The predicted molar refractivity (Wildman–Crippen MR) is 103 cm³/mol. The maximum absolute atomic E-state index is 12.1. The van der Waals surface area contributed by atoms with E-state index in [2.05, 4.69) is 6.58 Å². The van der Waals surface area contributed by atoms with Crippen LogP contribution in [0, 0.1) is 11.3 Å². The largest absolute Gasteiger partial charge is 0.494 e. The van der Waals surface area contributed by atoms with Gasteiger partial charge in [0.2, 0.25) is 0 Å². The van der Waals surface area contributed by atoms with Gasteiger partial charge < -0.3 is 14.2 Å². The maximum atomic E-state index is 12.1. The number of ether oxygens (including phenoxy) is 3. The van der Waals surface area contributed by atoms with Gasteiger partial charge in [0.05, 0.1) is 30.4 Å². The summed E-state index contributed by atoms with van der Waals surface area (Å²) in [5, 5.41) is 8.77. The molecule has 0 saturated heterocycles. The summed E-state index contributed by atoms with van der Waals surface area (Å²) in [5.74, 6) is 0.149. The van der Waals surface area contributed by atoms with Crippen molar-refractivity contribution < 1.29 is 23.8 Å². The number of nitriles is 1. The van der Waals surface area contributed by atoms with E-state index in [9.17, 15) is 9.59 Å². The summed E-state index contributed by atoms with van der Waals surface area (Å²) >= 11 is 0. The molecule has 0 bridgehead atoms. The Labute approximate surface area is 164 Å². The van der Waals surface area contributed by atoms with Crippen molar-refractivity contribution in [3.05, 3.63) is 72.3 Å². The second kappa shape index (κ2) is 11.2. The molecule has 0 saturated carbocycles. The zero-order valence-corrected chi connectivity index (χ0v) is 15.4. The highest BCUT2D eigenvalue weighted by molar-refractivity contribution is 5.91. The highest BCUT2D eigenvalue weighted by Crippen LogP contribution is 2.17. The minimum absolute atomic E-state index is 0.376. The molecule has 0 aliphatic rings. The first-order chi connectivity index (χ1) is 13.6. The fourth-order valence-electron chi connectivity index (χ4n) is 2.25. The molecule has 0 aromatic heterocycles. The molecular formula is C22H21NO5. The van der Waals surface area contributed by atoms with Crippen LogP contribution in [-0.4, -0.2) is 25.2 Å². The van der Waals surface area contributed by atoms with Crippen molar-refractivity contribution in [1.82, 2.24) is 0 Å². The molecule has 0 heterocycles. The molecular weight excluding hydrogens is 358 g/mol. The van der Waals surface area contributed by atoms with E-state index in [0.29, 0.717) is 35.8 Å². The van der Waals surface area contributed by atoms with Crippen LogP contribution in [0.2, 0.25) is 0 Å². The molecule has 2 aromatic rings. The first-order valence-corrected chi connectivity index (χ1v) is 8.87. The number of nitrogens with zero attached hydrogens (tertiary/aromatic N) is 1. The third-order valence-corrected chi connectivity index (χ3v) is 3.75. The van der Waals surface area contributed by atoms with Crippen LogP contribution < -0.4 is 9.47 Å². The quantitative estimate of drug-likeness (QED) is 0.268. The molecule has 144 valence electrons. The van der Waals surface area contributed by atoms with Gasteiger partial charge in [-0.25, -0.2) is 9.59 Å². The van der Waals surface area contributed by atoms with Crippen molar-refractivity contribution in [3.8, 4) is 17.6 Å². The van der Waals surface area contributed by atoms with E-state index in [1.807, 2.05) is 6.07 Å². The number of benzene rings is 2. The van der Waals surface area contributed by atoms with E-state index in [1.54, 1.807) is 48.5 Å². The van der Waals surface area contributed by atoms with Crippen LogP contribution in [0.15, 0.2) is 61.2 Å². The summed E-state index contributed by atoms with van der Waals surface area (Å²) in [4.78, 5) is 23.0. The molecule has 0 N–H and O–H groups in total. The molecule has 28 heavy (non-hydrogen) atoms. The van der Waals surface area contributed by atoms with Gasteiger partial charge in [0.25, 0.3) is 0 Å². The van der Waals surface area contributed by atoms with Crippen LogP contribution in [0.1, 0.15) is 35.2 Å². The van der Waals surface area contributed by atoms with Gasteiger partial charge >= 0.3 is 11.9 Å². The predicted octanol–water partition coefficient (Wildman–Crippen LogP) is 4.06. The molecule has 0 atom stereocenters. The summed E-state index contributed by atoms with van der Waals surface area (Å²) in [6, 6.07) is 15.0. The molecule has 0 amide bonds. The fourth-order valence-corrected chi connectivity index (χ4v) is 2.25. The van der Waals surface area contributed by atoms with Crippen molar-refractivity contribution in [1.29, 1.82) is 5.26 Å². The SMILES string of the molecule is C=CC(=O)OCCCCCOc1ccc(C(=O)Oc2ccc(C#N)cc2)cc1. The fraction of sp³-hybridized carbons (Fsp3) is 0.227. The van der Waals surface area contributed by atoms with Crippen LogP contribution in [0.25, 0.3) is 0 Å². The Bertz CT molecular complexity index is 835. The maximum Gasteiger partial charge on any atom is 0.343 e. The summed E-state index contributed by atoms with van der Waals surface area (Å²) in [6.07, 6.45) is 3.61. The molecule has 6 nitrogen and oxygen atoms in total. The second-order valence-electron chi connectivity index (χ2n) is 5.83. The van der Waals surface area contributed by atoms with Crippen molar-refractivity contribution in [2.75, 3.05) is 13.2 Å². The Balaban J connectivity index is 1.70. The summed E-state index contributed by atoms with van der Waals surface area (Å²) in [6.45, 7) is 4.24. The summed E-state index contributed by atoms with van der Waals surface area (Å²) in [5.41, 5.74) is 0.903. The second-order valence-corrected chi connectivity index (χ2v) is 5.83. The lowest BCUT2D eigenvalue weighted by atomic mass is 10.2. The van der Waals surface area contributed by atoms with E-state index in [1.165, 1.54) is 0 Å². The molecule has 0 aliphatic heterocycles. The Kier molecular flexibility index (Phi) is 8.28. The van der Waals surface area contributed by atoms with Crippen molar-refractivity contribution in [2.45, 2.75) is 19.3 Å². The average Bonchev–Trinajstić information content (AvgIpc) is 2.73. The van der Waals surface area contributed by atoms with Gasteiger partial charge in [-0.15, -0.1) is 0 Å². The first kappa shape index (κ1) is 20.7. The van der Waals surface area contributed by atoms with E-state index < -0.39 is 11.9 Å². The Morgan fingerprint density at radius 2 is 1.57 bits per heavy atom. The molecule has 0 aliphatic carbocycles. The first-order valence-electron chi connectivity index (χ1n) is 8.87. The van der Waals surface area contributed by atoms with Crippen molar-refractivity contribution in [3.63, 3.8) is 0 Å². The van der Waals surface area contributed by atoms with E-state index in [0.717, 1.165) is 25.3 Å². The molecule has 0 fully saturated rings. The van der Waals surface area contributed by atoms with Gasteiger partial charge in [-0.3, -0.25) is 0 Å². The van der Waals surface area contributed by atoms with Crippen LogP contribution >= 0.6 is 0 Å². The zero-order chi connectivity index (χ0) is 20.2. The van der Waals surface area contributed by atoms with Crippen LogP contribution in [0.3, 0.4) is 0 Å². The highest BCUT2D eigenvalue weighted by atomic mass is 16.5. The smallest absolute Gasteiger partial charge is 0.343 e. The highest BCUT2D eigenvalue weighted by Gasteiger charge is 2.09. The van der Waals surface area contributed by atoms with E-state index in [-0.39, 0.29) is 0 Å². The minimum Gasteiger partial charge on any atom is -0.494 e. The topological polar surface area (TPSA) is 85.6 Å². The monoisotopic (exact) mass is 379 g/mol. The lowest BCUT2D eigenvalue weighted by Gasteiger charge is -2.08. The number of unbranched alkanes of at least 4 members (excludes halogenated alkanes) is 2. The van der Waals surface area contributed by atoms with Crippen molar-refractivity contribution in [2.24, 2.45) is 0 Å². The number of hydrogen-bond donors (Lipinski definition) is 0. The molecule has 6 heteroatoms. The third-order valence-electron chi connectivity index (χ3n) is 3.75. The van der Waals surface area contributed by atoms with Gasteiger partial charge in [-0.2, -0.15) is 5.26 Å². The summed E-state index contributed by atoms with van der Waals surface area (Å²) < 4.78 is 15.8. The van der Waals surface area contributed by atoms with Crippen molar-refractivity contribution >= 4 is 11.9 Å². The lowest BCUT2D eigenvalue weighted by Crippen LogP contribution is -2.08. The summed E-state index contributed by atoms with van der Waals surface area (Å²) in [7, 11) is 0. The lowest BCUT2D eigenvalue weighted by molar-refractivity contribution is -0.137. The molecule has 0 unspecified atom stereocenters. The normalized spacial score (nSPS) is 9.82. The van der Waals surface area contributed by atoms with Gasteiger partial charge in [0.1, 0.15) is 11.5 Å². The van der Waals surface area contributed by atoms with Gasteiger partial charge in [0.15, 0.2) is 0 Å². The molecule has 2 aromatic carbocycles. The Hall–Kier alpha value is -3.59. The Morgan fingerprint density at radius 3 is 2.21 bits per heavy atom. The zero-order valence-electron chi connectivity index (χ0n) is 15.4. The molecule has 2 rings (SSSR count). The van der Waals surface area contributed by atoms with Gasteiger partial charge in [0, 0.05) is 6.08 Å². The average molecular weight is 379 g/mol. The number of carbonyl (C=O) groups excluding carboxylic acids is 2. The molecule has 0 radical (unpaired) electrons. The number of rotatable bonds is 10.